The number of aliphatic imine (C=N–C) groups is 1. The van der Waals surface area contributed by atoms with Crippen LogP contribution in [0.15, 0.2) is 80.6 Å². The van der Waals surface area contributed by atoms with Crippen LogP contribution in [0.5, 0.6) is 0 Å². The molecule has 0 amide bonds. The summed E-state index contributed by atoms with van der Waals surface area (Å²) in [6.07, 6.45) is 3.05. The first kappa shape index (κ1) is 21.0. The summed E-state index contributed by atoms with van der Waals surface area (Å²) >= 11 is 7.86. The van der Waals surface area contributed by atoms with Crippen LogP contribution in [0.3, 0.4) is 0 Å². The Morgan fingerprint density at radius 3 is 2.61 bits per heavy atom. The summed E-state index contributed by atoms with van der Waals surface area (Å²) in [6, 6.07) is 15.0. The van der Waals surface area contributed by atoms with E-state index in [0.29, 0.717) is 32.4 Å². The molecule has 0 aliphatic carbocycles. The molecule has 31 heavy (non-hydrogen) atoms. The van der Waals surface area contributed by atoms with Crippen molar-refractivity contribution in [2.75, 3.05) is 14.1 Å². The van der Waals surface area contributed by atoms with Gasteiger partial charge in [0, 0.05) is 24.6 Å². The number of hydrogen-bond acceptors (Lipinski definition) is 5. The molecule has 0 atom stereocenters. The average molecular weight is 454 g/mol. The molecule has 9 heteroatoms. The fourth-order valence-corrected chi connectivity index (χ4v) is 3.94. The van der Waals surface area contributed by atoms with E-state index in [0.717, 1.165) is 4.90 Å². The lowest BCUT2D eigenvalue weighted by Gasteiger charge is -2.10. The second kappa shape index (κ2) is 8.87. The van der Waals surface area contributed by atoms with E-state index in [2.05, 4.69) is 15.1 Å². The Bertz CT molecular complexity index is 1340. The van der Waals surface area contributed by atoms with Crippen LogP contribution in [0.25, 0.3) is 16.6 Å². The van der Waals surface area contributed by atoms with Gasteiger partial charge in [0.1, 0.15) is 17.2 Å². The maximum atomic E-state index is 13.1. The monoisotopic (exact) mass is 453 g/mol. The molecule has 2 aromatic carbocycles. The second-order valence-electron chi connectivity index (χ2n) is 6.85. The molecule has 4 aromatic rings. The molecule has 0 aliphatic heterocycles. The molecule has 0 bridgehead atoms. The van der Waals surface area contributed by atoms with Crippen LogP contribution >= 0.6 is 23.4 Å². The van der Waals surface area contributed by atoms with Gasteiger partial charge in [0.25, 0.3) is 5.56 Å². The summed E-state index contributed by atoms with van der Waals surface area (Å²) in [5.74, 6) is -0.294. The van der Waals surface area contributed by atoms with Crippen molar-refractivity contribution in [1.82, 2.24) is 19.5 Å². The summed E-state index contributed by atoms with van der Waals surface area (Å²) in [7, 11) is 3.75. The van der Waals surface area contributed by atoms with Crippen molar-refractivity contribution in [2.24, 2.45) is 4.99 Å². The lowest BCUT2D eigenvalue weighted by Crippen LogP contribution is -2.13. The van der Waals surface area contributed by atoms with Crippen LogP contribution in [0.4, 0.5) is 10.1 Å². The zero-order valence-electron chi connectivity index (χ0n) is 16.7. The van der Waals surface area contributed by atoms with Gasteiger partial charge in [-0.25, -0.2) is 13.9 Å². The number of aromatic nitrogens is 3. The van der Waals surface area contributed by atoms with Gasteiger partial charge in [0.2, 0.25) is 0 Å². The number of benzene rings is 2. The van der Waals surface area contributed by atoms with Crippen molar-refractivity contribution in [3.63, 3.8) is 0 Å². The average Bonchev–Trinajstić information content (AvgIpc) is 2.74. The predicted octanol–water partition coefficient (Wildman–Crippen LogP) is 4.92. The zero-order valence-corrected chi connectivity index (χ0v) is 18.2. The van der Waals surface area contributed by atoms with Gasteiger partial charge in [-0.15, -0.1) is 0 Å². The zero-order chi connectivity index (χ0) is 22.0. The number of fused-ring (bicyclic) bond motifs is 1. The number of rotatable bonds is 5. The first-order valence-corrected chi connectivity index (χ1v) is 10.4. The quantitative estimate of drug-likeness (QED) is 0.317. The highest BCUT2D eigenvalue weighted by molar-refractivity contribution is 7.99. The SMILES string of the molecule is CN(C)C=Nc1ccc(-c2c(=O)ncn3nc(Sc4ccc(F)cc4)ccc23)c(Cl)c1. The molecule has 156 valence electrons. The van der Waals surface area contributed by atoms with E-state index in [1.807, 2.05) is 19.0 Å². The van der Waals surface area contributed by atoms with Crippen LogP contribution in [-0.4, -0.2) is 39.9 Å². The summed E-state index contributed by atoms with van der Waals surface area (Å²) < 4.78 is 14.7. The van der Waals surface area contributed by atoms with Crippen molar-refractivity contribution in [2.45, 2.75) is 9.92 Å². The lowest BCUT2D eigenvalue weighted by molar-refractivity contribution is 0.626. The second-order valence-corrected chi connectivity index (χ2v) is 8.36. The van der Waals surface area contributed by atoms with Gasteiger partial charge in [0.05, 0.1) is 28.1 Å². The van der Waals surface area contributed by atoms with Gasteiger partial charge >= 0.3 is 0 Å². The summed E-state index contributed by atoms with van der Waals surface area (Å²) in [4.78, 5) is 23.5. The molecule has 2 heterocycles. The summed E-state index contributed by atoms with van der Waals surface area (Å²) in [6.45, 7) is 0. The molecule has 0 saturated heterocycles. The Labute approximate surface area is 187 Å². The third-order valence-electron chi connectivity index (χ3n) is 4.29. The fourth-order valence-electron chi connectivity index (χ4n) is 2.89. The van der Waals surface area contributed by atoms with Crippen molar-refractivity contribution >= 4 is 40.9 Å². The highest BCUT2D eigenvalue weighted by Gasteiger charge is 2.14. The maximum Gasteiger partial charge on any atom is 0.281 e. The van der Waals surface area contributed by atoms with Gasteiger partial charge in [-0.2, -0.15) is 10.1 Å². The minimum atomic E-state index is -0.396. The van der Waals surface area contributed by atoms with E-state index >= 15 is 0 Å². The molecule has 0 aliphatic rings. The Morgan fingerprint density at radius 1 is 1.13 bits per heavy atom. The third-order valence-corrected chi connectivity index (χ3v) is 5.53. The Kier molecular flexibility index (Phi) is 6.01. The van der Waals surface area contributed by atoms with Crippen molar-refractivity contribution in [1.29, 1.82) is 0 Å². The minimum absolute atomic E-state index is 0.294. The van der Waals surface area contributed by atoms with Crippen molar-refractivity contribution < 1.29 is 4.39 Å². The molecule has 6 nitrogen and oxygen atoms in total. The molecule has 0 fully saturated rings. The molecule has 2 aromatic heterocycles. The highest BCUT2D eigenvalue weighted by Crippen LogP contribution is 2.32. The number of halogens is 2. The topological polar surface area (TPSA) is 62.9 Å². The summed E-state index contributed by atoms with van der Waals surface area (Å²) in [5, 5.41) is 5.60. The molecular weight excluding hydrogens is 437 g/mol. The van der Waals surface area contributed by atoms with E-state index in [1.165, 1.54) is 34.7 Å². The van der Waals surface area contributed by atoms with E-state index in [4.69, 9.17) is 11.6 Å². The lowest BCUT2D eigenvalue weighted by atomic mass is 10.1. The van der Waals surface area contributed by atoms with Crippen LogP contribution in [0.1, 0.15) is 0 Å². The van der Waals surface area contributed by atoms with Crippen LogP contribution in [-0.2, 0) is 0 Å². The Hall–Kier alpha value is -3.23. The fraction of sp³-hybridized carbons (Fsp3) is 0.0909. The van der Waals surface area contributed by atoms with E-state index in [9.17, 15) is 9.18 Å². The molecule has 0 radical (unpaired) electrons. The van der Waals surface area contributed by atoms with Crippen molar-refractivity contribution in [3.8, 4) is 11.1 Å². The molecule has 4 rings (SSSR count). The van der Waals surface area contributed by atoms with E-state index in [1.54, 1.807) is 48.8 Å². The van der Waals surface area contributed by atoms with Gasteiger partial charge in [-0.1, -0.05) is 29.4 Å². The van der Waals surface area contributed by atoms with Gasteiger partial charge in [0.15, 0.2) is 0 Å². The van der Waals surface area contributed by atoms with Gasteiger partial charge in [-0.05, 0) is 48.5 Å². The standard InChI is InChI=1S/C22H17ClFN5OS/c1-28(2)12-25-15-5-8-17(18(23)11-15)21-19-9-10-20(27-29(19)13-26-22(21)30)31-16-6-3-14(24)4-7-16/h3-13H,1-2H3. The van der Waals surface area contributed by atoms with Gasteiger partial charge < -0.3 is 4.90 Å². The molecular formula is C22H17ClFN5OS. The number of hydrogen-bond donors (Lipinski definition) is 0. The normalized spacial score (nSPS) is 11.4. The largest absolute Gasteiger partial charge is 0.369 e. The van der Waals surface area contributed by atoms with Crippen molar-refractivity contribution in [3.05, 3.63) is 82.1 Å². The predicted molar refractivity (Wildman–Crippen MR) is 122 cm³/mol. The maximum absolute atomic E-state index is 13.1. The molecule has 0 N–H and O–H groups in total. The van der Waals surface area contributed by atoms with E-state index in [-0.39, 0.29) is 5.82 Å². The Morgan fingerprint density at radius 2 is 1.90 bits per heavy atom. The minimum Gasteiger partial charge on any atom is -0.369 e. The van der Waals surface area contributed by atoms with Gasteiger partial charge in [-0.3, -0.25) is 4.79 Å². The first-order chi connectivity index (χ1) is 14.9. The third kappa shape index (κ3) is 4.76. The smallest absolute Gasteiger partial charge is 0.281 e. The molecule has 0 unspecified atom stereocenters. The molecule has 0 saturated carbocycles. The molecule has 0 spiro atoms. The number of nitrogens with zero attached hydrogens (tertiary/aromatic N) is 5. The first-order valence-electron chi connectivity index (χ1n) is 9.23. The van der Waals surface area contributed by atoms with E-state index < -0.39 is 5.56 Å². The Balaban J connectivity index is 1.74. The van der Waals surface area contributed by atoms with Crippen LogP contribution in [0.2, 0.25) is 5.02 Å². The van der Waals surface area contributed by atoms with Crippen LogP contribution < -0.4 is 5.56 Å². The summed E-state index contributed by atoms with van der Waals surface area (Å²) in [5.41, 5.74) is 1.78. The van der Waals surface area contributed by atoms with Crippen LogP contribution in [0, 0.1) is 5.82 Å². The highest BCUT2D eigenvalue weighted by atomic mass is 35.5.